The maximum atomic E-state index is 11.3. The fourth-order valence-electron chi connectivity index (χ4n) is 1.71. The highest BCUT2D eigenvalue weighted by molar-refractivity contribution is 5.89. The number of hydrogen-bond acceptors (Lipinski definition) is 5. The molecule has 15 heavy (non-hydrogen) atoms. The van der Waals surface area contributed by atoms with E-state index in [4.69, 9.17) is 9.47 Å². The van der Waals surface area contributed by atoms with Crippen molar-refractivity contribution in [2.24, 2.45) is 0 Å². The summed E-state index contributed by atoms with van der Waals surface area (Å²) in [6.07, 6.45) is -0.185. The van der Waals surface area contributed by atoms with Crippen LogP contribution in [0.2, 0.25) is 0 Å². The first-order chi connectivity index (χ1) is 7.02. The molecule has 0 bridgehead atoms. The largest absolute Gasteiger partial charge is 0.422 e. The summed E-state index contributed by atoms with van der Waals surface area (Å²) in [6.45, 7) is 1.51. The van der Waals surface area contributed by atoms with Crippen molar-refractivity contribution in [3.63, 3.8) is 0 Å². The van der Waals surface area contributed by atoms with Crippen molar-refractivity contribution in [1.82, 2.24) is 9.80 Å². The summed E-state index contributed by atoms with van der Waals surface area (Å²) in [6, 6.07) is 0. The van der Waals surface area contributed by atoms with E-state index < -0.39 is 18.0 Å². The average molecular weight is 214 g/mol. The number of nitrogens with zero attached hydrogens (tertiary/aromatic N) is 2. The number of amides is 2. The van der Waals surface area contributed by atoms with Gasteiger partial charge in [-0.25, -0.2) is 14.5 Å². The topological polar surface area (TPSA) is 59.1 Å². The van der Waals surface area contributed by atoms with Crippen molar-refractivity contribution < 1.29 is 19.1 Å². The molecule has 2 amide bonds. The fraction of sp³-hybridized carbons (Fsp3) is 0.778. The molecule has 0 aromatic heterocycles. The third-order valence-electron chi connectivity index (χ3n) is 2.84. The molecule has 6 nitrogen and oxygen atoms in total. The Morgan fingerprint density at radius 2 is 1.53 bits per heavy atom. The lowest BCUT2D eigenvalue weighted by Crippen LogP contribution is -2.56. The van der Waals surface area contributed by atoms with Crippen molar-refractivity contribution in [2.75, 3.05) is 27.2 Å². The van der Waals surface area contributed by atoms with Crippen LogP contribution in [0.15, 0.2) is 0 Å². The first-order valence-electron chi connectivity index (χ1n) is 4.91. The van der Waals surface area contributed by atoms with Crippen molar-refractivity contribution in [3.8, 4) is 0 Å². The van der Waals surface area contributed by atoms with Gasteiger partial charge in [-0.2, -0.15) is 0 Å². The van der Waals surface area contributed by atoms with Crippen LogP contribution in [0.5, 0.6) is 0 Å². The van der Waals surface area contributed by atoms with Crippen LogP contribution >= 0.6 is 0 Å². The molecule has 0 radical (unpaired) electrons. The number of piperidine rings is 1. The molecule has 1 spiro atoms. The Kier molecular flexibility index (Phi) is 2.30. The van der Waals surface area contributed by atoms with E-state index in [0.717, 1.165) is 18.0 Å². The predicted octanol–water partition coefficient (Wildman–Crippen LogP) is 0.627. The van der Waals surface area contributed by atoms with Gasteiger partial charge in [0.2, 0.25) is 0 Å². The van der Waals surface area contributed by atoms with Crippen LogP contribution in [-0.2, 0) is 9.47 Å². The molecule has 2 aliphatic heterocycles. The molecule has 6 heteroatoms. The Morgan fingerprint density at radius 3 is 2.00 bits per heavy atom. The third kappa shape index (κ3) is 1.77. The molecule has 0 aromatic rings. The third-order valence-corrected chi connectivity index (χ3v) is 2.84. The summed E-state index contributed by atoms with van der Waals surface area (Å²) in [7, 11) is 3.32. The predicted molar refractivity (Wildman–Crippen MR) is 50.2 cm³/mol. The molecule has 0 N–H and O–H groups in total. The fourth-order valence-corrected chi connectivity index (χ4v) is 1.71. The zero-order valence-electron chi connectivity index (χ0n) is 8.86. The van der Waals surface area contributed by atoms with Crippen LogP contribution in [-0.4, -0.2) is 55.0 Å². The van der Waals surface area contributed by atoms with Gasteiger partial charge in [0, 0.05) is 33.0 Å². The Labute approximate surface area is 87.7 Å². The normalized spacial score (nSPS) is 26.4. The molecule has 2 rings (SSSR count). The van der Waals surface area contributed by atoms with Gasteiger partial charge in [-0.05, 0) is 7.05 Å². The lowest BCUT2D eigenvalue weighted by atomic mass is 10.0. The second-order valence-electron chi connectivity index (χ2n) is 4.01. The number of carbonyl (C=O) groups excluding carboxylic acids is 2. The molecule has 84 valence electrons. The number of imide groups is 1. The first kappa shape index (κ1) is 10.2. The van der Waals surface area contributed by atoms with E-state index in [0.29, 0.717) is 12.8 Å². The number of likely N-dealkylation sites (tertiary alicyclic amines) is 1. The molecule has 0 aromatic carbocycles. The van der Waals surface area contributed by atoms with Gasteiger partial charge in [0.1, 0.15) is 0 Å². The maximum Gasteiger partial charge on any atom is 0.422 e. The van der Waals surface area contributed by atoms with E-state index in [1.807, 2.05) is 7.05 Å². The highest BCUT2D eigenvalue weighted by atomic mass is 16.8. The number of carbonyl (C=O) groups is 2. The summed E-state index contributed by atoms with van der Waals surface area (Å²) in [5.74, 6) is -1.02. The van der Waals surface area contributed by atoms with E-state index in [-0.39, 0.29) is 0 Å². The highest BCUT2D eigenvalue weighted by Gasteiger charge is 2.47. The highest BCUT2D eigenvalue weighted by Crippen LogP contribution is 2.31. The zero-order chi connectivity index (χ0) is 11.1. The maximum absolute atomic E-state index is 11.3. The van der Waals surface area contributed by atoms with Gasteiger partial charge in [-0.15, -0.1) is 0 Å². The Hall–Kier alpha value is -1.30. The summed E-state index contributed by atoms with van der Waals surface area (Å²) in [5.41, 5.74) is 0. The summed E-state index contributed by atoms with van der Waals surface area (Å²) < 4.78 is 10.3. The van der Waals surface area contributed by atoms with E-state index >= 15 is 0 Å². The van der Waals surface area contributed by atoms with Crippen LogP contribution in [0.4, 0.5) is 9.59 Å². The number of rotatable bonds is 0. The smallest absolute Gasteiger partial charge is 0.406 e. The van der Waals surface area contributed by atoms with Crippen molar-refractivity contribution in [1.29, 1.82) is 0 Å². The second kappa shape index (κ2) is 3.37. The zero-order valence-corrected chi connectivity index (χ0v) is 8.86. The lowest BCUT2D eigenvalue weighted by Gasteiger charge is -2.42. The molecule has 0 saturated carbocycles. The van der Waals surface area contributed by atoms with Gasteiger partial charge in [0.25, 0.3) is 5.79 Å². The molecule has 2 fully saturated rings. The van der Waals surface area contributed by atoms with Gasteiger partial charge in [0.15, 0.2) is 0 Å². The van der Waals surface area contributed by atoms with Gasteiger partial charge >= 0.3 is 12.2 Å². The minimum Gasteiger partial charge on any atom is -0.406 e. The summed E-state index contributed by atoms with van der Waals surface area (Å²) in [4.78, 5) is 25.6. The Morgan fingerprint density at radius 1 is 1.07 bits per heavy atom. The van der Waals surface area contributed by atoms with E-state index in [9.17, 15) is 9.59 Å². The standard InChI is InChI=1S/C9H14N2O4/c1-10-5-3-9(4-6-10)14-7(12)11(2)8(13)15-9/h3-6H2,1-2H3. The molecular weight excluding hydrogens is 200 g/mol. The molecule has 0 aliphatic carbocycles. The van der Waals surface area contributed by atoms with Crippen LogP contribution in [0, 0.1) is 0 Å². The minimum atomic E-state index is -1.02. The Balaban J connectivity index is 2.10. The molecule has 2 saturated heterocycles. The molecule has 2 heterocycles. The van der Waals surface area contributed by atoms with Crippen LogP contribution in [0.1, 0.15) is 12.8 Å². The summed E-state index contributed by atoms with van der Waals surface area (Å²) in [5, 5.41) is 0. The van der Waals surface area contributed by atoms with Crippen LogP contribution < -0.4 is 0 Å². The first-order valence-corrected chi connectivity index (χ1v) is 4.91. The van der Waals surface area contributed by atoms with Gasteiger partial charge in [-0.3, -0.25) is 0 Å². The van der Waals surface area contributed by atoms with Crippen LogP contribution in [0.3, 0.4) is 0 Å². The summed E-state index contributed by atoms with van der Waals surface area (Å²) >= 11 is 0. The van der Waals surface area contributed by atoms with E-state index in [1.54, 1.807) is 0 Å². The quantitative estimate of drug-likeness (QED) is 0.591. The van der Waals surface area contributed by atoms with Gasteiger partial charge in [0.05, 0.1) is 0 Å². The monoisotopic (exact) mass is 214 g/mol. The molecule has 2 aliphatic rings. The van der Waals surface area contributed by atoms with Crippen LogP contribution in [0.25, 0.3) is 0 Å². The molecule has 0 atom stereocenters. The van der Waals surface area contributed by atoms with E-state index in [2.05, 4.69) is 4.90 Å². The average Bonchev–Trinajstić information content (AvgIpc) is 2.20. The van der Waals surface area contributed by atoms with Crippen molar-refractivity contribution >= 4 is 12.2 Å². The SMILES string of the molecule is CN1CCC2(CC1)OC(=O)N(C)C(=O)O2. The minimum absolute atomic E-state index is 0.537. The number of ether oxygens (including phenoxy) is 2. The van der Waals surface area contributed by atoms with Crippen molar-refractivity contribution in [2.45, 2.75) is 18.6 Å². The number of hydrogen-bond donors (Lipinski definition) is 0. The van der Waals surface area contributed by atoms with Crippen molar-refractivity contribution in [3.05, 3.63) is 0 Å². The molecular formula is C9H14N2O4. The molecule has 0 unspecified atom stereocenters. The van der Waals surface area contributed by atoms with Gasteiger partial charge in [-0.1, -0.05) is 0 Å². The van der Waals surface area contributed by atoms with E-state index in [1.165, 1.54) is 7.05 Å². The Bertz CT molecular complexity index is 276. The lowest BCUT2D eigenvalue weighted by molar-refractivity contribution is -0.213. The van der Waals surface area contributed by atoms with Gasteiger partial charge < -0.3 is 14.4 Å². The second-order valence-corrected chi connectivity index (χ2v) is 4.01.